The zero-order valence-corrected chi connectivity index (χ0v) is 11.0. The van der Waals surface area contributed by atoms with Crippen molar-refractivity contribution in [2.45, 2.75) is 32.7 Å². The van der Waals surface area contributed by atoms with E-state index in [0.29, 0.717) is 6.04 Å². The monoisotopic (exact) mass is 254 g/mol. The average Bonchev–Trinajstić information content (AvgIpc) is 2.53. The second kappa shape index (κ2) is 4.60. The summed E-state index contributed by atoms with van der Waals surface area (Å²) in [5.74, 6) is 0. The summed E-state index contributed by atoms with van der Waals surface area (Å²) in [6.07, 6.45) is 2.28. The summed E-state index contributed by atoms with van der Waals surface area (Å²) >= 11 is 11.3. The predicted molar refractivity (Wildman–Crippen MR) is 71.8 cm³/mol. The van der Waals surface area contributed by atoms with Crippen LogP contribution in [0.4, 0.5) is 0 Å². The van der Waals surface area contributed by atoms with Gasteiger partial charge in [-0.1, -0.05) is 24.9 Å². The minimum Gasteiger partial charge on any atom is -0.331 e. The molecule has 0 saturated carbocycles. The van der Waals surface area contributed by atoms with Gasteiger partial charge in [0.15, 0.2) is 4.77 Å². The summed E-state index contributed by atoms with van der Waals surface area (Å²) in [5.41, 5.74) is 2.15. The van der Waals surface area contributed by atoms with Crippen LogP contribution in [-0.4, -0.2) is 9.55 Å². The topological polar surface area (TPSA) is 20.7 Å². The van der Waals surface area contributed by atoms with Gasteiger partial charge in [0, 0.05) is 11.1 Å². The average molecular weight is 255 g/mol. The largest absolute Gasteiger partial charge is 0.331 e. The molecule has 1 N–H and O–H groups in total. The number of benzene rings is 1. The van der Waals surface area contributed by atoms with Crippen LogP contribution in [0.15, 0.2) is 18.2 Å². The molecule has 86 valence electrons. The number of nitrogens with one attached hydrogen (secondary N) is 1. The number of aromatic amines is 1. The van der Waals surface area contributed by atoms with Crippen LogP contribution < -0.4 is 0 Å². The molecular weight excluding hydrogens is 240 g/mol. The van der Waals surface area contributed by atoms with Gasteiger partial charge in [-0.2, -0.15) is 0 Å². The zero-order valence-electron chi connectivity index (χ0n) is 9.46. The summed E-state index contributed by atoms with van der Waals surface area (Å²) in [5, 5.41) is 0.735. The van der Waals surface area contributed by atoms with Crippen LogP contribution in [0.5, 0.6) is 0 Å². The second-order valence-electron chi connectivity index (χ2n) is 4.10. The highest BCUT2D eigenvalue weighted by atomic mass is 35.5. The third-order valence-electron chi connectivity index (χ3n) is 2.83. The molecule has 0 saturated heterocycles. The lowest BCUT2D eigenvalue weighted by Gasteiger charge is -2.13. The number of nitrogens with zero attached hydrogens (tertiary/aromatic N) is 1. The fraction of sp³-hybridized carbons (Fsp3) is 0.417. The van der Waals surface area contributed by atoms with E-state index in [1.807, 2.05) is 18.2 Å². The number of fused-ring (bicyclic) bond motifs is 1. The van der Waals surface area contributed by atoms with E-state index < -0.39 is 0 Å². The van der Waals surface area contributed by atoms with Crippen molar-refractivity contribution in [2.75, 3.05) is 0 Å². The van der Waals surface area contributed by atoms with Gasteiger partial charge in [0.05, 0.1) is 11.0 Å². The van der Waals surface area contributed by atoms with E-state index >= 15 is 0 Å². The van der Waals surface area contributed by atoms with Crippen LogP contribution in [0.1, 0.15) is 32.7 Å². The SMILES string of the molecule is CCCC(C)n1c(=S)[nH]c2cc(Cl)ccc21. The third-order valence-corrected chi connectivity index (χ3v) is 3.36. The Kier molecular flexibility index (Phi) is 3.36. The minimum atomic E-state index is 0.424. The second-order valence-corrected chi connectivity index (χ2v) is 4.92. The molecule has 0 fully saturated rings. The Labute approximate surface area is 105 Å². The Morgan fingerprint density at radius 2 is 2.25 bits per heavy atom. The van der Waals surface area contributed by atoms with Gasteiger partial charge in [-0.3, -0.25) is 0 Å². The summed E-state index contributed by atoms with van der Waals surface area (Å²) in [6.45, 7) is 4.38. The number of aromatic nitrogens is 2. The van der Waals surface area contributed by atoms with Crippen molar-refractivity contribution in [2.24, 2.45) is 0 Å². The van der Waals surface area contributed by atoms with Crippen LogP contribution >= 0.6 is 23.8 Å². The predicted octanol–water partition coefficient (Wildman–Crippen LogP) is 4.71. The molecule has 0 radical (unpaired) electrons. The molecule has 1 aromatic carbocycles. The van der Waals surface area contributed by atoms with Gasteiger partial charge in [0.1, 0.15) is 0 Å². The lowest BCUT2D eigenvalue weighted by atomic mass is 10.2. The van der Waals surface area contributed by atoms with Crippen LogP contribution in [0.2, 0.25) is 5.02 Å². The van der Waals surface area contributed by atoms with Crippen molar-refractivity contribution in [1.29, 1.82) is 0 Å². The Bertz CT molecular complexity index is 556. The maximum absolute atomic E-state index is 5.96. The highest BCUT2D eigenvalue weighted by Gasteiger charge is 2.10. The van der Waals surface area contributed by atoms with Gasteiger partial charge in [0.2, 0.25) is 0 Å². The summed E-state index contributed by atoms with van der Waals surface area (Å²) in [4.78, 5) is 3.20. The molecule has 2 nitrogen and oxygen atoms in total. The first-order valence-electron chi connectivity index (χ1n) is 5.53. The number of rotatable bonds is 3. The summed E-state index contributed by atoms with van der Waals surface area (Å²) in [7, 11) is 0. The van der Waals surface area contributed by atoms with Gasteiger partial charge < -0.3 is 9.55 Å². The number of H-pyrrole nitrogens is 1. The van der Waals surface area contributed by atoms with E-state index in [2.05, 4.69) is 23.4 Å². The molecule has 1 heterocycles. The fourth-order valence-corrected chi connectivity index (χ4v) is 2.65. The molecule has 1 unspecified atom stereocenters. The zero-order chi connectivity index (χ0) is 11.7. The molecule has 1 atom stereocenters. The molecule has 0 bridgehead atoms. The molecule has 1 aromatic heterocycles. The molecule has 0 aliphatic carbocycles. The van der Waals surface area contributed by atoms with Crippen LogP contribution in [0.25, 0.3) is 11.0 Å². The summed E-state index contributed by atoms with van der Waals surface area (Å²) in [6, 6.07) is 6.27. The van der Waals surface area contributed by atoms with Crippen LogP contribution in [0, 0.1) is 4.77 Å². The third kappa shape index (κ3) is 2.02. The molecule has 2 aromatic rings. The highest BCUT2D eigenvalue weighted by Crippen LogP contribution is 2.24. The Morgan fingerprint density at radius 3 is 2.94 bits per heavy atom. The van der Waals surface area contributed by atoms with Crippen molar-refractivity contribution >= 4 is 34.9 Å². The smallest absolute Gasteiger partial charge is 0.178 e. The van der Waals surface area contributed by atoms with Crippen molar-refractivity contribution in [1.82, 2.24) is 9.55 Å². The van der Waals surface area contributed by atoms with Crippen molar-refractivity contribution in [3.8, 4) is 0 Å². The molecule has 0 amide bonds. The van der Waals surface area contributed by atoms with Gasteiger partial charge in [-0.25, -0.2) is 0 Å². The maximum atomic E-state index is 5.96. The number of imidazole rings is 1. The number of hydrogen-bond acceptors (Lipinski definition) is 1. The van der Waals surface area contributed by atoms with E-state index in [9.17, 15) is 0 Å². The Hall–Kier alpha value is -0.800. The highest BCUT2D eigenvalue weighted by molar-refractivity contribution is 7.71. The van der Waals surface area contributed by atoms with Crippen molar-refractivity contribution in [3.63, 3.8) is 0 Å². The first kappa shape index (κ1) is 11.7. The Balaban J connectivity index is 2.60. The molecule has 4 heteroatoms. The first-order chi connectivity index (χ1) is 7.63. The lowest BCUT2D eigenvalue weighted by Crippen LogP contribution is -2.04. The van der Waals surface area contributed by atoms with Crippen LogP contribution in [-0.2, 0) is 0 Å². The first-order valence-corrected chi connectivity index (χ1v) is 6.32. The van der Waals surface area contributed by atoms with E-state index in [4.69, 9.17) is 23.8 Å². The van der Waals surface area contributed by atoms with Crippen LogP contribution in [0.3, 0.4) is 0 Å². The van der Waals surface area contributed by atoms with E-state index in [0.717, 1.165) is 33.7 Å². The molecule has 0 aliphatic rings. The number of hydrogen-bond donors (Lipinski definition) is 1. The van der Waals surface area contributed by atoms with Crippen molar-refractivity contribution < 1.29 is 0 Å². The fourth-order valence-electron chi connectivity index (χ4n) is 2.09. The van der Waals surface area contributed by atoms with E-state index in [1.54, 1.807) is 0 Å². The van der Waals surface area contributed by atoms with Crippen molar-refractivity contribution in [3.05, 3.63) is 28.0 Å². The number of halogens is 1. The molecule has 16 heavy (non-hydrogen) atoms. The quantitative estimate of drug-likeness (QED) is 0.787. The lowest BCUT2D eigenvalue weighted by molar-refractivity contribution is 0.507. The van der Waals surface area contributed by atoms with Gasteiger partial charge >= 0.3 is 0 Å². The van der Waals surface area contributed by atoms with Gasteiger partial charge in [-0.15, -0.1) is 0 Å². The summed E-state index contributed by atoms with van der Waals surface area (Å²) < 4.78 is 2.95. The normalized spacial score (nSPS) is 13.2. The van der Waals surface area contributed by atoms with E-state index in [-0.39, 0.29) is 0 Å². The maximum Gasteiger partial charge on any atom is 0.178 e. The molecule has 2 rings (SSSR count). The van der Waals surface area contributed by atoms with Gasteiger partial charge in [0.25, 0.3) is 0 Å². The molecule has 0 aliphatic heterocycles. The minimum absolute atomic E-state index is 0.424. The van der Waals surface area contributed by atoms with E-state index in [1.165, 1.54) is 0 Å². The van der Waals surface area contributed by atoms with Gasteiger partial charge in [-0.05, 0) is 43.8 Å². The Morgan fingerprint density at radius 1 is 1.50 bits per heavy atom. The molecule has 0 spiro atoms. The standard InChI is InChI=1S/C12H15ClN2S/c1-3-4-8(2)15-11-6-5-9(13)7-10(11)14-12(15)16/h5-8H,3-4H2,1-2H3,(H,14,16). The molecular formula is C12H15ClN2S.